The van der Waals surface area contributed by atoms with Crippen LogP contribution in [-0.4, -0.2) is 61.0 Å². The van der Waals surface area contributed by atoms with Gasteiger partial charge in [0.2, 0.25) is 0 Å². The Hall–Kier alpha value is -7.36. The second-order valence-electron chi connectivity index (χ2n) is 14.8. The lowest BCUT2D eigenvalue weighted by Gasteiger charge is -2.33. The number of anilines is 2. The summed E-state index contributed by atoms with van der Waals surface area (Å²) in [5.41, 5.74) is 7.34. The van der Waals surface area contributed by atoms with Crippen LogP contribution in [-0.2, 0) is 13.5 Å². The number of halogens is 2. The molecule has 2 unspecified atom stereocenters. The molecule has 7 heterocycles. The molecule has 0 aliphatic carbocycles. The third-order valence-electron chi connectivity index (χ3n) is 10.5. The van der Waals surface area contributed by atoms with Crippen LogP contribution in [0.15, 0.2) is 103 Å². The zero-order chi connectivity index (χ0) is 40.8. The first-order valence-corrected chi connectivity index (χ1v) is 19.2. The van der Waals surface area contributed by atoms with E-state index in [9.17, 15) is 13.6 Å². The molecule has 6 aromatic heterocycles. The molecule has 0 amide bonds. The van der Waals surface area contributed by atoms with E-state index < -0.39 is 23.3 Å². The topological polar surface area (TPSA) is 173 Å². The van der Waals surface area contributed by atoms with Crippen LogP contribution in [0.4, 0.5) is 20.3 Å². The Labute approximate surface area is 335 Å². The third kappa shape index (κ3) is 7.02. The number of hydrogen-bond donors (Lipinski definition) is 4. The van der Waals surface area contributed by atoms with Crippen molar-refractivity contribution in [1.29, 1.82) is 0 Å². The minimum absolute atomic E-state index is 0.206. The first kappa shape index (κ1) is 37.2. The van der Waals surface area contributed by atoms with E-state index in [1.54, 1.807) is 30.1 Å². The molecule has 0 spiro atoms. The lowest BCUT2D eigenvalue weighted by atomic mass is 9.83. The quantitative estimate of drug-likeness (QED) is 0.120. The first-order valence-electron chi connectivity index (χ1n) is 19.2. The van der Waals surface area contributed by atoms with E-state index in [2.05, 4.69) is 94.7 Å². The van der Waals surface area contributed by atoms with Crippen molar-refractivity contribution in [3.8, 4) is 11.4 Å². The highest BCUT2D eigenvalue weighted by Crippen LogP contribution is 2.46. The Kier molecular flexibility index (Phi) is 9.58. The smallest absolute Gasteiger partial charge is 0.272 e. The third-order valence-corrected chi connectivity index (χ3v) is 10.5. The van der Waals surface area contributed by atoms with Crippen LogP contribution in [0, 0.1) is 18.6 Å². The summed E-state index contributed by atoms with van der Waals surface area (Å²) in [5, 5.41) is 19.7. The van der Waals surface area contributed by atoms with Crippen LogP contribution >= 0.6 is 0 Å². The van der Waals surface area contributed by atoms with E-state index in [0.717, 1.165) is 52.2 Å². The number of nitrogens with one attached hydrogen (secondary N) is 4. The van der Waals surface area contributed by atoms with Crippen LogP contribution in [0.1, 0.15) is 60.1 Å². The Balaban J connectivity index is 0.000000153. The normalized spacial score (nSPS) is 14.8. The molecule has 4 N–H and O–H groups in total. The van der Waals surface area contributed by atoms with Crippen molar-refractivity contribution >= 4 is 44.3 Å². The molecule has 0 radical (unpaired) electrons. The van der Waals surface area contributed by atoms with Gasteiger partial charge in [-0.05, 0) is 80.3 Å². The maximum Gasteiger partial charge on any atom is 0.272 e. The number of hydrogen-bond acceptors (Lipinski definition) is 10. The average molecular weight is 792 g/mol. The maximum absolute atomic E-state index is 14.1. The molecule has 0 fully saturated rings. The minimum Gasteiger partial charge on any atom is -0.376 e. The van der Waals surface area contributed by atoms with Crippen LogP contribution in [0.2, 0.25) is 0 Å². The number of aryl methyl sites for hydroxylation is 2. The summed E-state index contributed by atoms with van der Waals surface area (Å²) >= 11 is 0. The highest BCUT2D eigenvalue weighted by molar-refractivity contribution is 5.97. The van der Waals surface area contributed by atoms with Crippen molar-refractivity contribution in [3.63, 3.8) is 0 Å². The first-order chi connectivity index (χ1) is 28.6. The number of fused-ring (bicyclic) bond motifs is 2. The summed E-state index contributed by atoms with van der Waals surface area (Å²) in [6, 6.07) is 18.8. The number of pyridine rings is 1. The molecule has 10 rings (SSSR count). The van der Waals surface area contributed by atoms with Crippen molar-refractivity contribution in [3.05, 3.63) is 148 Å². The van der Waals surface area contributed by atoms with E-state index >= 15 is 0 Å². The Bertz CT molecular complexity index is 3040. The van der Waals surface area contributed by atoms with Crippen LogP contribution in [0.3, 0.4) is 0 Å². The monoisotopic (exact) mass is 791 g/mol. The van der Waals surface area contributed by atoms with Crippen molar-refractivity contribution in [1.82, 2.24) is 54.4 Å². The number of H-pyrrole nitrogens is 2. The number of aromatic amines is 2. The van der Waals surface area contributed by atoms with Crippen molar-refractivity contribution in [2.24, 2.45) is 7.05 Å². The van der Waals surface area contributed by atoms with Gasteiger partial charge in [0.1, 0.15) is 29.3 Å². The predicted octanol–water partition coefficient (Wildman–Crippen LogP) is 7.54. The summed E-state index contributed by atoms with van der Waals surface area (Å²) in [6.45, 7) is 7.02. The zero-order valence-electron chi connectivity index (χ0n) is 32.6. The molecule has 59 heavy (non-hydrogen) atoms. The van der Waals surface area contributed by atoms with Crippen molar-refractivity contribution in [2.45, 2.75) is 45.2 Å². The number of nitrogens with zero attached hydrogens (tertiary/aromatic N) is 9. The maximum atomic E-state index is 14.1. The fraction of sp³-hybridized carbons (Fsp3) is 0.209. The second kappa shape index (κ2) is 15.2. The van der Waals surface area contributed by atoms with Crippen LogP contribution in [0.5, 0.6) is 0 Å². The van der Waals surface area contributed by atoms with Crippen LogP contribution in [0.25, 0.3) is 44.2 Å². The standard InChI is InChI=1S/C24H25N7.C19H14F2N6O/c1-15(2)31-14-28-21-23(26-9-8-17-13-27-20-7-5-4-6-19(17)20)29-22(30-24(21)31)18-10-16(3)11-25-12-18;1-27-18(22-8-23-27)15-16(9-2-4-10(20)5-3-9)24-13-7-11(21)6-12-14(13)17(15)25-26-19(12)28/h4-7,10-15,27H,8-9H2,1-3H3,(H,26,29,30);2-8,15-16,24H,1H3,(H,26,28). The SMILES string of the molecule is Cc1cncc(-c2nc(NCCc3c[nH]c4ccccc34)c3ncn(C(C)C)c3n2)c1.Cn1ncnc1C1c2n[nH]c(=O)c3cc(F)cc(c23)NC1c1ccc(F)cc1. The molecule has 0 bridgehead atoms. The minimum atomic E-state index is -0.535. The largest absolute Gasteiger partial charge is 0.376 e. The summed E-state index contributed by atoms with van der Waals surface area (Å²) < 4.78 is 31.3. The molecule has 1 aliphatic rings. The summed E-state index contributed by atoms with van der Waals surface area (Å²) in [4.78, 5) is 38.5. The fourth-order valence-electron chi connectivity index (χ4n) is 7.72. The van der Waals surface area contributed by atoms with E-state index in [4.69, 9.17) is 9.97 Å². The second-order valence-corrected chi connectivity index (χ2v) is 14.8. The fourth-order valence-corrected chi connectivity index (χ4v) is 7.72. The van der Waals surface area contributed by atoms with Gasteiger partial charge in [-0.3, -0.25) is 14.5 Å². The predicted molar refractivity (Wildman–Crippen MR) is 222 cm³/mol. The highest BCUT2D eigenvalue weighted by Gasteiger charge is 2.37. The van der Waals surface area contributed by atoms with Gasteiger partial charge in [-0.25, -0.2) is 33.8 Å². The highest BCUT2D eigenvalue weighted by atomic mass is 19.1. The number of para-hydroxylation sites is 1. The zero-order valence-corrected chi connectivity index (χ0v) is 32.6. The van der Waals surface area contributed by atoms with Gasteiger partial charge in [0.25, 0.3) is 5.56 Å². The van der Waals surface area contributed by atoms with E-state index in [-0.39, 0.29) is 17.2 Å². The summed E-state index contributed by atoms with van der Waals surface area (Å²) in [7, 11) is 1.76. The summed E-state index contributed by atoms with van der Waals surface area (Å²) in [6.07, 6.45) is 9.87. The molecule has 0 saturated heterocycles. The van der Waals surface area contributed by atoms with Gasteiger partial charge >= 0.3 is 0 Å². The lowest BCUT2D eigenvalue weighted by molar-refractivity contribution is 0.562. The van der Waals surface area contributed by atoms with Crippen molar-refractivity contribution in [2.75, 3.05) is 17.2 Å². The number of imidazole rings is 1. The molecule has 296 valence electrons. The van der Waals surface area contributed by atoms with Gasteiger partial charge in [0.05, 0.1) is 29.4 Å². The molecule has 1 aliphatic heterocycles. The Morgan fingerprint density at radius 2 is 1.78 bits per heavy atom. The summed E-state index contributed by atoms with van der Waals surface area (Å²) in [5.74, 6) is 0.688. The van der Waals surface area contributed by atoms with Gasteiger partial charge in [0, 0.05) is 65.8 Å². The Morgan fingerprint density at radius 1 is 0.949 bits per heavy atom. The number of benzene rings is 3. The Morgan fingerprint density at radius 3 is 2.56 bits per heavy atom. The lowest BCUT2D eigenvalue weighted by Crippen LogP contribution is -2.30. The number of rotatable bonds is 8. The van der Waals surface area contributed by atoms with Gasteiger partial charge in [-0.15, -0.1) is 0 Å². The number of aromatic nitrogens is 11. The van der Waals surface area contributed by atoms with Gasteiger partial charge < -0.3 is 20.2 Å². The molecule has 16 heteroatoms. The molecular formula is C43H39F2N13O. The van der Waals surface area contributed by atoms with E-state index in [1.165, 1.54) is 41.5 Å². The van der Waals surface area contributed by atoms with E-state index in [0.29, 0.717) is 28.4 Å². The van der Waals surface area contributed by atoms with Gasteiger partial charge in [-0.1, -0.05) is 30.3 Å². The average Bonchev–Trinajstić information content (AvgIpc) is 3.98. The molecule has 2 atom stereocenters. The molecule has 3 aromatic carbocycles. The molecule has 14 nitrogen and oxygen atoms in total. The molecular weight excluding hydrogens is 753 g/mol. The van der Waals surface area contributed by atoms with Crippen LogP contribution < -0.4 is 16.2 Å². The molecule has 9 aromatic rings. The van der Waals surface area contributed by atoms with Gasteiger partial charge in [0.15, 0.2) is 17.3 Å². The molecule has 0 saturated carbocycles. The van der Waals surface area contributed by atoms with E-state index in [1.807, 2.05) is 25.5 Å². The van der Waals surface area contributed by atoms with Gasteiger partial charge in [-0.2, -0.15) is 10.2 Å². The van der Waals surface area contributed by atoms with Crippen molar-refractivity contribution < 1.29 is 8.78 Å².